The Morgan fingerprint density at radius 2 is 2.06 bits per heavy atom. The smallest absolute Gasteiger partial charge is 0.337 e. The zero-order valence-corrected chi connectivity index (χ0v) is 12.0. The van der Waals surface area contributed by atoms with Crippen molar-refractivity contribution < 1.29 is 18.4 Å². The predicted octanol–water partition coefficient (Wildman–Crippen LogP) is 1.53. The summed E-state index contributed by atoms with van der Waals surface area (Å²) in [6.07, 6.45) is 1.85. The van der Waals surface area contributed by atoms with Gasteiger partial charge in [-0.05, 0) is 18.7 Å². The Morgan fingerprint density at radius 1 is 1.33 bits per heavy atom. The molecule has 1 aromatic heterocycles. The molecular formula is C12H19NO4Si. The Kier molecular flexibility index (Phi) is 5.97. The maximum Gasteiger partial charge on any atom is 0.337 e. The quantitative estimate of drug-likeness (QED) is 0.555. The van der Waals surface area contributed by atoms with Gasteiger partial charge in [-0.3, -0.25) is 9.78 Å². The number of pyridine rings is 1. The molecular weight excluding hydrogens is 250 g/mol. The molecule has 5 nitrogen and oxygen atoms in total. The van der Waals surface area contributed by atoms with Gasteiger partial charge in [0.15, 0.2) is 0 Å². The maximum absolute atomic E-state index is 11.5. The summed E-state index contributed by atoms with van der Waals surface area (Å²) in [7, 11) is 1.08. The van der Waals surface area contributed by atoms with Crippen molar-refractivity contribution in [1.82, 2.24) is 4.98 Å². The molecule has 0 radical (unpaired) electrons. The van der Waals surface area contributed by atoms with E-state index < -0.39 is 8.56 Å². The molecule has 0 saturated heterocycles. The van der Waals surface area contributed by atoms with Crippen molar-refractivity contribution in [2.45, 2.75) is 19.0 Å². The van der Waals surface area contributed by atoms with Gasteiger partial charge >= 0.3 is 14.5 Å². The minimum atomic E-state index is -2.15. The SMILES string of the molecule is CO[Si](C)(CCOC(=O)Cc1ccccn1)OC. The number of hydrogen-bond acceptors (Lipinski definition) is 5. The van der Waals surface area contributed by atoms with Gasteiger partial charge in [0.1, 0.15) is 0 Å². The van der Waals surface area contributed by atoms with Gasteiger partial charge in [-0.25, -0.2) is 0 Å². The summed E-state index contributed by atoms with van der Waals surface area (Å²) in [5.74, 6) is -0.280. The molecule has 0 aliphatic carbocycles. The molecule has 0 unspecified atom stereocenters. The second kappa shape index (κ2) is 7.25. The first-order chi connectivity index (χ1) is 8.59. The number of nitrogens with zero attached hydrogens (tertiary/aromatic N) is 1. The summed E-state index contributed by atoms with van der Waals surface area (Å²) in [4.78, 5) is 15.6. The lowest BCUT2D eigenvalue weighted by atomic mass is 10.3. The van der Waals surface area contributed by atoms with Gasteiger partial charge < -0.3 is 13.6 Å². The molecule has 0 aliphatic rings. The van der Waals surface area contributed by atoms with E-state index in [1.54, 1.807) is 26.5 Å². The molecule has 18 heavy (non-hydrogen) atoms. The van der Waals surface area contributed by atoms with Crippen LogP contribution in [0.15, 0.2) is 24.4 Å². The van der Waals surface area contributed by atoms with Crippen LogP contribution in [0.1, 0.15) is 5.69 Å². The first-order valence-electron chi connectivity index (χ1n) is 5.75. The fourth-order valence-corrected chi connectivity index (χ4v) is 2.39. The van der Waals surface area contributed by atoms with E-state index in [2.05, 4.69) is 4.98 Å². The summed E-state index contributed by atoms with van der Waals surface area (Å²) in [6.45, 7) is 2.25. The van der Waals surface area contributed by atoms with E-state index in [9.17, 15) is 4.79 Å². The molecule has 0 saturated carbocycles. The van der Waals surface area contributed by atoms with Crippen molar-refractivity contribution >= 4 is 14.5 Å². The van der Waals surface area contributed by atoms with E-state index in [0.717, 1.165) is 0 Å². The Morgan fingerprint density at radius 3 is 2.61 bits per heavy atom. The monoisotopic (exact) mass is 269 g/mol. The molecule has 0 N–H and O–H groups in total. The van der Waals surface area contributed by atoms with Gasteiger partial charge in [-0.2, -0.15) is 0 Å². The molecule has 1 rings (SSSR count). The van der Waals surface area contributed by atoms with Gasteiger partial charge in [0.2, 0.25) is 0 Å². The molecule has 6 heteroatoms. The second-order valence-electron chi connectivity index (χ2n) is 4.01. The van der Waals surface area contributed by atoms with Crippen LogP contribution in [0.4, 0.5) is 0 Å². The lowest BCUT2D eigenvalue weighted by Gasteiger charge is -2.22. The standard InChI is InChI=1S/C12H19NO4Si/c1-15-18(3,16-2)9-8-17-12(14)10-11-6-4-5-7-13-11/h4-7H,8-10H2,1-3H3. The summed E-state index contributed by atoms with van der Waals surface area (Å²) < 4.78 is 15.7. The first kappa shape index (κ1) is 14.8. The molecule has 0 bridgehead atoms. The van der Waals surface area contributed by atoms with Crippen molar-refractivity contribution in [3.05, 3.63) is 30.1 Å². The maximum atomic E-state index is 11.5. The lowest BCUT2D eigenvalue weighted by Crippen LogP contribution is -2.37. The Hall–Kier alpha value is -1.24. The lowest BCUT2D eigenvalue weighted by molar-refractivity contribution is -0.142. The number of rotatable bonds is 7. The molecule has 0 atom stereocenters. The number of ether oxygens (including phenoxy) is 1. The number of carbonyl (C=O) groups excluding carboxylic acids is 1. The van der Waals surface area contributed by atoms with Gasteiger partial charge in [0, 0.05) is 26.5 Å². The second-order valence-corrected chi connectivity index (χ2v) is 7.59. The number of carbonyl (C=O) groups is 1. The molecule has 100 valence electrons. The van der Waals surface area contributed by atoms with Crippen LogP contribution in [0.3, 0.4) is 0 Å². The predicted molar refractivity (Wildman–Crippen MR) is 69.3 cm³/mol. The Labute approximate surface area is 108 Å². The molecule has 1 aromatic rings. The van der Waals surface area contributed by atoms with Crippen LogP contribution in [0.2, 0.25) is 12.6 Å². The molecule has 0 aliphatic heterocycles. The highest BCUT2D eigenvalue weighted by Gasteiger charge is 2.28. The average molecular weight is 269 g/mol. The number of hydrogen-bond donors (Lipinski definition) is 0. The van der Waals surface area contributed by atoms with Crippen molar-refractivity contribution in [1.29, 1.82) is 0 Å². The van der Waals surface area contributed by atoms with Crippen LogP contribution >= 0.6 is 0 Å². The van der Waals surface area contributed by atoms with Gasteiger partial charge in [0.25, 0.3) is 0 Å². The summed E-state index contributed by atoms with van der Waals surface area (Å²) >= 11 is 0. The average Bonchev–Trinajstić information content (AvgIpc) is 2.39. The van der Waals surface area contributed by atoms with E-state index in [1.807, 2.05) is 18.7 Å². The minimum absolute atomic E-state index is 0.194. The number of esters is 1. The highest BCUT2D eigenvalue weighted by molar-refractivity contribution is 6.66. The third-order valence-electron chi connectivity index (χ3n) is 2.73. The third-order valence-corrected chi connectivity index (χ3v) is 5.57. The van der Waals surface area contributed by atoms with Crippen LogP contribution in [0, 0.1) is 0 Å². The topological polar surface area (TPSA) is 57.7 Å². The van der Waals surface area contributed by atoms with E-state index in [0.29, 0.717) is 18.3 Å². The highest BCUT2D eigenvalue weighted by Crippen LogP contribution is 2.11. The fourth-order valence-electron chi connectivity index (χ4n) is 1.34. The minimum Gasteiger partial charge on any atom is -0.466 e. The van der Waals surface area contributed by atoms with Crippen LogP contribution in [-0.2, 0) is 24.8 Å². The normalized spacial score (nSPS) is 11.3. The summed E-state index contributed by atoms with van der Waals surface area (Å²) in [6, 6.07) is 6.07. The van der Waals surface area contributed by atoms with Crippen molar-refractivity contribution in [3.63, 3.8) is 0 Å². The van der Waals surface area contributed by atoms with E-state index in [-0.39, 0.29) is 12.4 Å². The Balaban J connectivity index is 2.30. The number of aromatic nitrogens is 1. The van der Waals surface area contributed by atoms with Gasteiger partial charge in [0.05, 0.1) is 18.7 Å². The fraction of sp³-hybridized carbons (Fsp3) is 0.500. The van der Waals surface area contributed by atoms with Crippen LogP contribution in [-0.4, -0.2) is 40.3 Å². The van der Waals surface area contributed by atoms with Gasteiger partial charge in [-0.1, -0.05) is 6.07 Å². The van der Waals surface area contributed by atoms with E-state index in [4.69, 9.17) is 13.6 Å². The largest absolute Gasteiger partial charge is 0.466 e. The van der Waals surface area contributed by atoms with Crippen LogP contribution in [0.5, 0.6) is 0 Å². The van der Waals surface area contributed by atoms with Gasteiger partial charge in [-0.15, -0.1) is 0 Å². The molecule has 0 amide bonds. The van der Waals surface area contributed by atoms with E-state index in [1.165, 1.54) is 0 Å². The zero-order valence-electron chi connectivity index (χ0n) is 11.0. The summed E-state index contributed by atoms with van der Waals surface area (Å²) in [5.41, 5.74) is 0.709. The van der Waals surface area contributed by atoms with Crippen LogP contribution in [0.25, 0.3) is 0 Å². The van der Waals surface area contributed by atoms with Crippen molar-refractivity contribution in [2.24, 2.45) is 0 Å². The van der Waals surface area contributed by atoms with Crippen molar-refractivity contribution in [2.75, 3.05) is 20.8 Å². The first-order valence-corrected chi connectivity index (χ1v) is 8.28. The van der Waals surface area contributed by atoms with Crippen LogP contribution < -0.4 is 0 Å². The summed E-state index contributed by atoms with van der Waals surface area (Å²) in [5, 5.41) is 0. The van der Waals surface area contributed by atoms with E-state index >= 15 is 0 Å². The molecule has 0 fully saturated rings. The van der Waals surface area contributed by atoms with Crippen molar-refractivity contribution in [3.8, 4) is 0 Å². The molecule has 0 aromatic carbocycles. The zero-order chi connectivity index (χ0) is 13.4. The Bertz CT molecular complexity index is 368. The molecule has 1 heterocycles. The highest BCUT2D eigenvalue weighted by atomic mass is 28.4. The third kappa shape index (κ3) is 4.95. The molecule has 0 spiro atoms.